The van der Waals surface area contributed by atoms with Crippen LogP contribution in [0.25, 0.3) is 21.9 Å². The zero-order valence-electron chi connectivity index (χ0n) is 12.7. The van der Waals surface area contributed by atoms with E-state index in [0.717, 1.165) is 33.6 Å². The number of fused-ring (bicyclic) bond motifs is 3. The largest absolute Gasteiger partial charge is 0.508 e. The number of nitrogens with zero attached hydrogens (tertiary/aromatic N) is 2. The zero-order valence-corrected chi connectivity index (χ0v) is 12.7. The fourth-order valence-corrected chi connectivity index (χ4v) is 2.87. The SMILES string of the molecule is CNc1nc(Cc2ccccc2)nc2[nH]c3cc(O)ccc3c12. The molecule has 4 aromatic rings. The maximum atomic E-state index is 9.66. The molecule has 0 aliphatic carbocycles. The van der Waals surface area contributed by atoms with E-state index in [2.05, 4.69) is 32.4 Å². The van der Waals surface area contributed by atoms with Crippen LogP contribution in [0.15, 0.2) is 48.5 Å². The van der Waals surface area contributed by atoms with Crippen molar-refractivity contribution in [2.75, 3.05) is 12.4 Å². The van der Waals surface area contributed by atoms with Gasteiger partial charge in [0.25, 0.3) is 0 Å². The van der Waals surface area contributed by atoms with E-state index in [0.29, 0.717) is 6.42 Å². The number of benzene rings is 2. The maximum Gasteiger partial charge on any atom is 0.144 e. The molecule has 2 heterocycles. The van der Waals surface area contributed by atoms with E-state index in [4.69, 9.17) is 0 Å². The summed E-state index contributed by atoms with van der Waals surface area (Å²) in [6, 6.07) is 15.4. The molecule has 5 heteroatoms. The molecule has 0 aliphatic heterocycles. The third kappa shape index (κ3) is 2.36. The zero-order chi connectivity index (χ0) is 15.8. The Bertz CT molecular complexity index is 992. The number of H-pyrrole nitrogens is 1. The van der Waals surface area contributed by atoms with Gasteiger partial charge < -0.3 is 15.4 Å². The van der Waals surface area contributed by atoms with Crippen LogP contribution < -0.4 is 5.32 Å². The van der Waals surface area contributed by atoms with Crippen molar-refractivity contribution >= 4 is 27.8 Å². The summed E-state index contributed by atoms with van der Waals surface area (Å²) >= 11 is 0. The van der Waals surface area contributed by atoms with Crippen LogP contribution in [-0.4, -0.2) is 27.1 Å². The monoisotopic (exact) mass is 304 g/mol. The number of hydrogen-bond donors (Lipinski definition) is 3. The summed E-state index contributed by atoms with van der Waals surface area (Å²) in [5.74, 6) is 1.77. The van der Waals surface area contributed by atoms with Crippen LogP contribution in [0.2, 0.25) is 0 Å². The fraction of sp³-hybridized carbons (Fsp3) is 0.111. The highest BCUT2D eigenvalue weighted by atomic mass is 16.3. The molecule has 0 radical (unpaired) electrons. The normalized spacial score (nSPS) is 11.2. The molecule has 5 nitrogen and oxygen atoms in total. The molecule has 0 unspecified atom stereocenters. The molecule has 0 saturated carbocycles. The Morgan fingerprint density at radius 2 is 1.91 bits per heavy atom. The second-order valence-electron chi connectivity index (χ2n) is 5.48. The van der Waals surface area contributed by atoms with Gasteiger partial charge in [-0.25, -0.2) is 9.97 Å². The second-order valence-corrected chi connectivity index (χ2v) is 5.48. The molecule has 3 N–H and O–H groups in total. The fourth-order valence-electron chi connectivity index (χ4n) is 2.87. The highest BCUT2D eigenvalue weighted by molar-refractivity contribution is 6.11. The number of hydrogen-bond acceptors (Lipinski definition) is 4. The summed E-state index contributed by atoms with van der Waals surface area (Å²) in [5, 5.41) is 14.8. The molecular weight excluding hydrogens is 288 g/mol. The number of nitrogens with one attached hydrogen (secondary N) is 2. The van der Waals surface area contributed by atoms with Crippen molar-refractivity contribution in [1.82, 2.24) is 15.0 Å². The van der Waals surface area contributed by atoms with Crippen LogP contribution in [0, 0.1) is 0 Å². The lowest BCUT2D eigenvalue weighted by molar-refractivity contribution is 0.476. The predicted molar refractivity (Wildman–Crippen MR) is 91.9 cm³/mol. The van der Waals surface area contributed by atoms with Gasteiger partial charge in [-0.3, -0.25) is 0 Å². The molecule has 0 fully saturated rings. The average molecular weight is 304 g/mol. The maximum absolute atomic E-state index is 9.66. The van der Waals surface area contributed by atoms with Crippen LogP contribution in [0.1, 0.15) is 11.4 Å². The van der Waals surface area contributed by atoms with Crippen molar-refractivity contribution < 1.29 is 5.11 Å². The van der Waals surface area contributed by atoms with Gasteiger partial charge >= 0.3 is 0 Å². The van der Waals surface area contributed by atoms with E-state index in [1.165, 1.54) is 5.56 Å². The van der Waals surface area contributed by atoms with Crippen LogP contribution in [0.4, 0.5) is 5.82 Å². The van der Waals surface area contributed by atoms with E-state index in [1.54, 1.807) is 12.1 Å². The van der Waals surface area contributed by atoms with Crippen molar-refractivity contribution in [2.45, 2.75) is 6.42 Å². The smallest absolute Gasteiger partial charge is 0.144 e. The number of rotatable bonds is 3. The van der Waals surface area contributed by atoms with Crippen LogP contribution in [0.5, 0.6) is 5.75 Å². The van der Waals surface area contributed by atoms with Gasteiger partial charge in [0.15, 0.2) is 0 Å². The van der Waals surface area contributed by atoms with Crippen molar-refractivity contribution in [3.05, 3.63) is 59.9 Å². The average Bonchev–Trinajstić information content (AvgIpc) is 2.92. The van der Waals surface area contributed by atoms with E-state index in [1.807, 2.05) is 31.3 Å². The summed E-state index contributed by atoms with van der Waals surface area (Å²) in [6.45, 7) is 0. The summed E-state index contributed by atoms with van der Waals surface area (Å²) in [7, 11) is 1.85. The summed E-state index contributed by atoms with van der Waals surface area (Å²) < 4.78 is 0. The Hall–Kier alpha value is -3.08. The Kier molecular flexibility index (Phi) is 3.12. The minimum atomic E-state index is 0.229. The Labute approximate surface area is 133 Å². The quantitative estimate of drug-likeness (QED) is 0.542. The third-order valence-corrected chi connectivity index (χ3v) is 3.92. The van der Waals surface area contributed by atoms with Crippen molar-refractivity contribution in [3.8, 4) is 5.75 Å². The van der Waals surface area contributed by atoms with E-state index < -0.39 is 0 Å². The Morgan fingerprint density at radius 1 is 1.09 bits per heavy atom. The molecule has 114 valence electrons. The van der Waals surface area contributed by atoms with Crippen molar-refractivity contribution in [3.63, 3.8) is 0 Å². The highest BCUT2D eigenvalue weighted by Crippen LogP contribution is 2.31. The summed E-state index contributed by atoms with van der Waals surface area (Å²) in [6.07, 6.45) is 0.673. The molecule has 0 saturated heterocycles. The van der Waals surface area contributed by atoms with Gasteiger partial charge in [-0.2, -0.15) is 0 Å². The molecule has 0 spiro atoms. The van der Waals surface area contributed by atoms with Gasteiger partial charge in [0.05, 0.1) is 10.9 Å². The molecule has 23 heavy (non-hydrogen) atoms. The molecular formula is C18H16N4O. The number of aromatic nitrogens is 3. The number of phenols is 1. The van der Waals surface area contributed by atoms with E-state index in [9.17, 15) is 5.11 Å². The first-order valence-electron chi connectivity index (χ1n) is 7.47. The third-order valence-electron chi connectivity index (χ3n) is 3.92. The van der Waals surface area contributed by atoms with Gasteiger partial charge in [0.2, 0.25) is 0 Å². The lowest BCUT2D eigenvalue weighted by Crippen LogP contribution is -2.02. The van der Waals surface area contributed by atoms with Gasteiger partial charge in [-0.15, -0.1) is 0 Å². The second kappa shape index (κ2) is 5.28. The summed E-state index contributed by atoms with van der Waals surface area (Å²) in [5.41, 5.74) is 2.79. The van der Waals surface area contributed by atoms with Gasteiger partial charge in [0.1, 0.15) is 23.0 Å². The lowest BCUT2D eigenvalue weighted by atomic mass is 10.1. The Morgan fingerprint density at radius 3 is 2.70 bits per heavy atom. The van der Waals surface area contributed by atoms with Gasteiger partial charge in [0, 0.05) is 24.9 Å². The highest BCUT2D eigenvalue weighted by Gasteiger charge is 2.13. The number of anilines is 1. The lowest BCUT2D eigenvalue weighted by Gasteiger charge is -2.06. The first-order valence-corrected chi connectivity index (χ1v) is 7.47. The van der Waals surface area contributed by atoms with Gasteiger partial charge in [-0.05, 0) is 17.7 Å². The first-order chi connectivity index (χ1) is 11.2. The molecule has 0 aliphatic rings. The number of phenolic OH excluding ortho intramolecular Hbond substituents is 1. The summed E-state index contributed by atoms with van der Waals surface area (Å²) in [4.78, 5) is 12.6. The first kappa shape index (κ1) is 13.6. The number of aromatic hydroxyl groups is 1. The predicted octanol–water partition coefficient (Wildman–Crippen LogP) is 3.45. The molecule has 0 amide bonds. The molecule has 4 rings (SSSR count). The molecule has 0 bridgehead atoms. The number of aromatic amines is 1. The minimum Gasteiger partial charge on any atom is -0.508 e. The van der Waals surface area contributed by atoms with Crippen LogP contribution >= 0.6 is 0 Å². The van der Waals surface area contributed by atoms with E-state index >= 15 is 0 Å². The van der Waals surface area contributed by atoms with Gasteiger partial charge in [-0.1, -0.05) is 30.3 Å². The van der Waals surface area contributed by atoms with E-state index in [-0.39, 0.29) is 5.75 Å². The van der Waals surface area contributed by atoms with Crippen molar-refractivity contribution in [2.24, 2.45) is 0 Å². The topological polar surface area (TPSA) is 73.8 Å². The van der Waals surface area contributed by atoms with Crippen LogP contribution in [0.3, 0.4) is 0 Å². The van der Waals surface area contributed by atoms with Crippen LogP contribution in [-0.2, 0) is 6.42 Å². The molecule has 2 aromatic heterocycles. The molecule has 0 atom stereocenters. The Balaban J connectivity index is 1.90. The molecule has 2 aromatic carbocycles. The standard InChI is InChI=1S/C18H16N4O/c1-19-17-16-13-8-7-12(23)10-14(13)20-18(16)22-15(21-17)9-11-5-3-2-4-6-11/h2-8,10,23H,9H2,1H3,(H2,19,20,21,22). The minimum absolute atomic E-state index is 0.229. The van der Waals surface area contributed by atoms with Crippen molar-refractivity contribution in [1.29, 1.82) is 0 Å².